The number of methoxy groups -OCH3 is 1. The van der Waals surface area contributed by atoms with Gasteiger partial charge in [0.25, 0.3) is 11.6 Å². The summed E-state index contributed by atoms with van der Waals surface area (Å²) in [5, 5.41) is 29.7. The van der Waals surface area contributed by atoms with Gasteiger partial charge in [0.05, 0.1) is 17.6 Å². The molecule has 1 heterocycles. The minimum Gasteiger partial charge on any atom is -0.496 e. The lowest BCUT2D eigenvalue weighted by Gasteiger charge is -2.35. The van der Waals surface area contributed by atoms with Crippen LogP contribution in [0.15, 0.2) is 18.2 Å². The number of rotatable bonds is 4. The number of piperidine rings is 1. The Morgan fingerprint density at radius 3 is 2.43 bits per heavy atom. The van der Waals surface area contributed by atoms with Crippen LogP contribution in [0.4, 0.5) is 5.69 Å². The molecule has 1 aromatic rings. The number of aliphatic carboxylic acids is 1. The Morgan fingerprint density at radius 2 is 1.96 bits per heavy atom. The quantitative estimate of drug-likeness (QED) is 0.614. The first-order chi connectivity index (χ1) is 10.8. The molecule has 0 spiro atoms. The van der Waals surface area contributed by atoms with Gasteiger partial charge in [-0.05, 0) is 6.07 Å². The van der Waals surface area contributed by atoms with Crippen LogP contribution in [0.2, 0.25) is 0 Å². The van der Waals surface area contributed by atoms with Crippen molar-refractivity contribution in [1.29, 1.82) is 0 Å². The Labute approximate surface area is 131 Å². The number of hydrogen-bond acceptors (Lipinski definition) is 6. The molecule has 23 heavy (non-hydrogen) atoms. The molecule has 1 aliphatic heterocycles. The van der Waals surface area contributed by atoms with Gasteiger partial charge in [0.1, 0.15) is 5.75 Å². The molecule has 0 saturated carbocycles. The van der Waals surface area contributed by atoms with Gasteiger partial charge in [-0.2, -0.15) is 0 Å². The highest BCUT2D eigenvalue weighted by atomic mass is 16.6. The van der Waals surface area contributed by atoms with E-state index in [1.165, 1.54) is 24.1 Å². The summed E-state index contributed by atoms with van der Waals surface area (Å²) in [5.74, 6) is -1.63. The number of carboxylic acid groups (broad SMARTS) is 1. The highest BCUT2D eigenvalue weighted by Gasteiger charge is 2.40. The standard InChI is InChI=1S/C14H16N2O7/c1-23-11-3-2-9(16(21)22)8-10(11)12(17)15-6-4-14(20,5-7-15)13(18)19/h2-3,8,20H,4-7H2,1H3,(H,18,19). The highest BCUT2D eigenvalue weighted by Crippen LogP contribution is 2.28. The van der Waals surface area contributed by atoms with E-state index in [2.05, 4.69) is 0 Å². The van der Waals surface area contributed by atoms with E-state index < -0.39 is 22.4 Å². The Kier molecular flexibility index (Phi) is 4.50. The highest BCUT2D eigenvalue weighted by molar-refractivity contribution is 5.97. The van der Waals surface area contributed by atoms with Crippen LogP contribution in [-0.4, -0.2) is 57.7 Å². The number of nitrogens with zero attached hydrogens (tertiary/aromatic N) is 2. The molecule has 124 valence electrons. The zero-order valence-electron chi connectivity index (χ0n) is 12.4. The van der Waals surface area contributed by atoms with Crippen molar-refractivity contribution in [1.82, 2.24) is 4.90 Å². The van der Waals surface area contributed by atoms with Crippen LogP contribution in [0.5, 0.6) is 5.75 Å². The van der Waals surface area contributed by atoms with Crippen LogP contribution < -0.4 is 4.74 Å². The third-order valence-corrected chi connectivity index (χ3v) is 3.90. The molecular formula is C14H16N2O7. The second-order valence-corrected chi connectivity index (χ2v) is 5.27. The number of benzene rings is 1. The monoisotopic (exact) mass is 324 g/mol. The van der Waals surface area contributed by atoms with E-state index in [0.29, 0.717) is 0 Å². The van der Waals surface area contributed by atoms with Crippen molar-refractivity contribution in [3.8, 4) is 5.75 Å². The summed E-state index contributed by atoms with van der Waals surface area (Å²) in [4.78, 5) is 35.1. The molecule has 1 amide bonds. The number of carbonyl (C=O) groups excluding carboxylic acids is 1. The van der Waals surface area contributed by atoms with Gasteiger partial charge in [0.15, 0.2) is 5.60 Å². The Bertz CT molecular complexity index is 651. The molecule has 0 aromatic heterocycles. The molecule has 0 atom stereocenters. The van der Waals surface area contributed by atoms with E-state index in [4.69, 9.17) is 9.84 Å². The van der Waals surface area contributed by atoms with Gasteiger partial charge in [-0.25, -0.2) is 4.79 Å². The number of likely N-dealkylation sites (tertiary alicyclic amines) is 1. The van der Waals surface area contributed by atoms with Crippen molar-refractivity contribution in [2.75, 3.05) is 20.2 Å². The van der Waals surface area contributed by atoms with E-state index >= 15 is 0 Å². The maximum atomic E-state index is 12.5. The second-order valence-electron chi connectivity index (χ2n) is 5.27. The van der Waals surface area contributed by atoms with Crippen molar-refractivity contribution in [3.63, 3.8) is 0 Å². The number of aliphatic hydroxyl groups is 1. The SMILES string of the molecule is COc1ccc([N+](=O)[O-])cc1C(=O)N1CCC(O)(C(=O)O)CC1. The van der Waals surface area contributed by atoms with Gasteiger partial charge < -0.3 is 19.8 Å². The van der Waals surface area contributed by atoms with Crippen LogP contribution >= 0.6 is 0 Å². The maximum absolute atomic E-state index is 12.5. The number of hydrogen-bond donors (Lipinski definition) is 2. The predicted octanol–water partition coefficient (Wildman–Crippen LogP) is 0.655. The maximum Gasteiger partial charge on any atom is 0.335 e. The molecule has 0 bridgehead atoms. The predicted molar refractivity (Wildman–Crippen MR) is 77.4 cm³/mol. The molecule has 9 heteroatoms. The lowest BCUT2D eigenvalue weighted by atomic mass is 9.91. The van der Waals surface area contributed by atoms with Gasteiger partial charge in [-0.15, -0.1) is 0 Å². The smallest absolute Gasteiger partial charge is 0.335 e. The van der Waals surface area contributed by atoms with E-state index in [0.717, 1.165) is 6.07 Å². The summed E-state index contributed by atoms with van der Waals surface area (Å²) in [6.45, 7) is 0.0704. The van der Waals surface area contributed by atoms with Crippen LogP contribution in [0.1, 0.15) is 23.2 Å². The summed E-state index contributed by atoms with van der Waals surface area (Å²) < 4.78 is 5.06. The van der Waals surface area contributed by atoms with Crippen molar-refractivity contribution < 1.29 is 29.5 Å². The molecular weight excluding hydrogens is 308 g/mol. The van der Waals surface area contributed by atoms with Gasteiger partial charge >= 0.3 is 5.97 Å². The van der Waals surface area contributed by atoms with Crippen molar-refractivity contribution >= 4 is 17.6 Å². The first kappa shape index (κ1) is 16.7. The third kappa shape index (κ3) is 3.24. The number of nitro groups is 1. The minimum absolute atomic E-state index is 0.0301. The van der Waals surface area contributed by atoms with E-state index in [1.54, 1.807) is 0 Å². The number of ether oxygens (including phenoxy) is 1. The molecule has 2 rings (SSSR count). The summed E-state index contributed by atoms with van der Waals surface area (Å²) >= 11 is 0. The Balaban J connectivity index is 2.23. The van der Waals surface area contributed by atoms with Crippen LogP contribution in [0.3, 0.4) is 0 Å². The van der Waals surface area contributed by atoms with E-state index in [1.807, 2.05) is 0 Å². The largest absolute Gasteiger partial charge is 0.496 e. The average molecular weight is 324 g/mol. The number of carbonyl (C=O) groups is 2. The van der Waals surface area contributed by atoms with Crippen LogP contribution in [0, 0.1) is 10.1 Å². The van der Waals surface area contributed by atoms with Crippen LogP contribution in [0.25, 0.3) is 0 Å². The molecule has 1 aliphatic rings. The Hall–Kier alpha value is -2.68. The topological polar surface area (TPSA) is 130 Å². The van der Waals surface area contributed by atoms with Gasteiger partial charge in [-0.1, -0.05) is 0 Å². The summed E-state index contributed by atoms with van der Waals surface area (Å²) in [7, 11) is 1.34. The first-order valence-corrected chi connectivity index (χ1v) is 6.86. The molecule has 0 unspecified atom stereocenters. The van der Waals surface area contributed by atoms with Gasteiger partial charge in [0.2, 0.25) is 0 Å². The number of non-ortho nitro benzene ring substituents is 1. The first-order valence-electron chi connectivity index (χ1n) is 6.86. The average Bonchev–Trinajstić information content (AvgIpc) is 2.54. The molecule has 1 aromatic carbocycles. The lowest BCUT2D eigenvalue weighted by Crippen LogP contribution is -2.50. The van der Waals surface area contributed by atoms with Gasteiger partial charge in [-0.3, -0.25) is 14.9 Å². The molecule has 1 saturated heterocycles. The fourth-order valence-corrected chi connectivity index (χ4v) is 2.44. The molecule has 9 nitrogen and oxygen atoms in total. The van der Waals surface area contributed by atoms with E-state index in [-0.39, 0.29) is 42.9 Å². The zero-order valence-corrected chi connectivity index (χ0v) is 12.4. The zero-order chi connectivity index (χ0) is 17.2. The lowest BCUT2D eigenvalue weighted by molar-refractivity contribution is -0.384. The fraction of sp³-hybridized carbons (Fsp3) is 0.429. The molecule has 1 fully saturated rings. The summed E-state index contributed by atoms with van der Waals surface area (Å²) in [6.07, 6.45) is -0.212. The van der Waals surface area contributed by atoms with E-state index in [9.17, 15) is 24.8 Å². The van der Waals surface area contributed by atoms with Crippen LogP contribution in [-0.2, 0) is 4.79 Å². The minimum atomic E-state index is -1.84. The Morgan fingerprint density at radius 1 is 1.35 bits per heavy atom. The third-order valence-electron chi connectivity index (χ3n) is 3.90. The number of nitro benzene ring substituents is 1. The van der Waals surface area contributed by atoms with Crippen molar-refractivity contribution in [2.45, 2.75) is 18.4 Å². The molecule has 0 radical (unpaired) electrons. The second kappa shape index (κ2) is 6.21. The summed E-state index contributed by atoms with van der Waals surface area (Å²) in [5.41, 5.74) is -2.06. The molecule has 2 N–H and O–H groups in total. The van der Waals surface area contributed by atoms with Crippen molar-refractivity contribution in [3.05, 3.63) is 33.9 Å². The number of carboxylic acids is 1. The normalized spacial score (nSPS) is 16.7. The fourth-order valence-electron chi connectivity index (χ4n) is 2.44. The van der Waals surface area contributed by atoms with Gasteiger partial charge in [0, 0.05) is 38.1 Å². The summed E-state index contributed by atoms with van der Waals surface area (Å²) in [6, 6.07) is 3.69. The molecule has 0 aliphatic carbocycles. The van der Waals surface area contributed by atoms with Crippen molar-refractivity contribution in [2.24, 2.45) is 0 Å². The number of amides is 1.